The summed E-state index contributed by atoms with van der Waals surface area (Å²) in [4.78, 5) is 25.9. The number of hydrogen-bond acceptors (Lipinski definition) is 6. The molecule has 2 saturated heterocycles. The summed E-state index contributed by atoms with van der Waals surface area (Å²) in [6.45, 7) is 5.03. The number of piperidine rings is 1. The van der Waals surface area contributed by atoms with Crippen molar-refractivity contribution in [3.63, 3.8) is 0 Å². The van der Waals surface area contributed by atoms with Gasteiger partial charge < -0.3 is 24.3 Å². The van der Waals surface area contributed by atoms with Gasteiger partial charge in [-0.15, -0.1) is 0 Å². The van der Waals surface area contributed by atoms with Crippen molar-refractivity contribution in [1.29, 1.82) is 0 Å². The summed E-state index contributed by atoms with van der Waals surface area (Å²) in [5, 5.41) is 3.05. The quantitative estimate of drug-likeness (QED) is 0.697. The topological polar surface area (TPSA) is 83.7 Å². The highest BCUT2D eigenvalue weighted by molar-refractivity contribution is 5.74. The lowest BCUT2D eigenvalue weighted by Crippen LogP contribution is -2.43. The third kappa shape index (κ3) is 4.49. The largest absolute Gasteiger partial charge is 0.440 e. The van der Waals surface area contributed by atoms with Crippen molar-refractivity contribution in [3.8, 4) is 0 Å². The maximum atomic E-state index is 12.7. The zero-order valence-electron chi connectivity index (χ0n) is 17.5. The number of carbonyl (C=O) groups is 1. The second-order valence-corrected chi connectivity index (χ2v) is 8.06. The van der Waals surface area contributed by atoms with Crippen molar-refractivity contribution >= 4 is 22.9 Å². The average molecular weight is 422 g/mol. The minimum atomic E-state index is -0.0271. The monoisotopic (exact) mass is 421 g/mol. The number of ether oxygens (including phenoxy) is 1. The van der Waals surface area contributed by atoms with Crippen LogP contribution in [0, 0.1) is 0 Å². The van der Waals surface area contributed by atoms with E-state index in [0.29, 0.717) is 19.6 Å². The lowest BCUT2D eigenvalue weighted by molar-refractivity contribution is 0.122. The molecule has 0 unspecified atom stereocenters. The molecule has 2 aliphatic heterocycles. The Kier molecular flexibility index (Phi) is 5.71. The second-order valence-electron chi connectivity index (χ2n) is 8.06. The fraction of sp³-hybridized carbons (Fsp3) is 0.435. The van der Waals surface area contributed by atoms with E-state index >= 15 is 0 Å². The average Bonchev–Trinajstić information content (AvgIpc) is 3.28. The number of hydrogen-bond donors (Lipinski definition) is 1. The Morgan fingerprint density at radius 1 is 1.10 bits per heavy atom. The number of likely N-dealkylation sites (tertiary alicyclic amines) is 1. The molecule has 8 nitrogen and oxygen atoms in total. The molecule has 31 heavy (non-hydrogen) atoms. The van der Waals surface area contributed by atoms with Crippen LogP contribution in [0.2, 0.25) is 0 Å². The molecule has 2 amide bonds. The Labute approximate surface area is 181 Å². The van der Waals surface area contributed by atoms with Crippen molar-refractivity contribution < 1.29 is 13.9 Å². The number of pyridine rings is 1. The Balaban J connectivity index is 1.13. The molecular formula is C23H27N5O3. The van der Waals surface area contributed by atoms with Gasteiger partial charge in [0, 0.05) is 44.8 Å². The standard InChI is InChI=1S/C23H27N5O3/c29-23(25-16-17-5-8-24-21(15-17)27-11-13-30-14-12-27)28-9-6-18(7-10-28)22-26-19-3-1-2-4-20(19)31-22/h1-5,8,15,18H,6-7,9-14,16H2,(H,25,29). The van der Waals surface area contributed by atoms with E-state index in [4.69, 9.17) is 9.15 Å². The van der Waals surface area contributed by atoms with Crippen molar-refractivity contribution in [2.75, 3.05) is 44.3 Å². The van der Waals surface area contributed by atoms with Crippen LogP contribution in [0.3, 0.4) is 0 Å². The van der Waals surface area contributed by atoms with Crippen LogP contribution in [0.25, 0.3) is 11.1 Å². The number of urea groups is 1. The number of oxazole rings is 1. The summed E-state index contributed by atoms with van der Waals surface area (Å²) in [5.74, 6) is 1.98. The van der Waals surface area contributed by atoms with Gasteiger partial charge in [-0.2, -0.15) is 0 Å². The van der Waals surface area contributed by atoms with Gasteiger partial charge in [-0.25, -0.2) is 14.8 Å². The smallest absolute Gasteiger partial charge is 0.317 e. The molecule has 3 aromatic rings. The number of rotatable bonds is 4. The number of aromatic nitrogens is 2. The molecule has 0 spiro atoms. The van der Waals surface area contributed by atoms with Crippen LogP contribution in [0.4, 0.5) is 10.6 Å². The first kappa shape index (κ1) is 19.8. The van der Waals surface area contributed by atoms with Gasteiger partial charge in [0.15, 0.2) is 11.5 Å². The molecule has 8 heteroatoms. The number of para-hydroxylation sites is 2. The summed E-state index contributed by atoms with van der Waals surface area (Å²) in [5.41, 5.74) is 2.77. The number of nitrogens with one attached hydrogen (secondary N) is 1. The molecule has 1 aromatic carbocycles. The van der Waals surface area contributed by atoms with Gasteiger partial charge in [0.05, 0.1) is 13.2 Å². The molecule has 2 fully saturated rings. The first-order valence-electron chi connectivity index (χ1n) is 10.9. The van der Waals surface area contributed by atoms with Crippen LogP contribution in [0.5, 0.6) is 0 Å². The van der Waals surface area contributed by atoms with Gasteiger partial charge in [0.25, 0.3) is 0 Å². The molecule has 0 aliphatic carbocycles. The number of nitrogens with zero attached hydrogens (tertiary/aromatic N) is 4. The number of carbonyl (C=O) groups excluding carboxylic acids is 1. The third-order valence-corrected chi connectivity index (χ3v) is 6.03. The van der Waals surface area contributed by atoms with E-state index in [2.05, 4.69) is 20.2 Å². The lowest BCUT2D eigenvalue weighted by Gasteiger charge is -2.30. The number of benzene rings is 1. The van der Waals surface area contributed by atoms with Gasteiger partial charge in [0.1, 0.15) is 11.3 Å². The van der Waals surface area contributed by atoms with E-state index in [0.717, 1.165) is 67.5 Å². The van der Waals surface area contributed by atoms with Crippen LogP contribution in [-0.2, 0) is 11.3 Å². The molecule has 2 aromatic heterocycles. The Morgan fingerprint density at radius 2 is 1.90 bits per heavy atom. The molecule has 1 N–H and O–H groups in total. The molecule has 4 heterocycles. The minimum absolute atomic E-state index is 0.0271. The first-order valence-corrected chi connectivity index (χ1v) is 10.9. The first-order chi connectivity index (χ1) is 15.3. The molecule has 2 aliphatic rings. The highest BCUT2D eigenvalue weighted by atomic mass is 16.5. The summed E-state index contributed by atoms with van der Waals surface area (Å²) in [6, 6.07) is 11.8. The Morgan fingerprint density at radius 3 is 2.71 bits per heavy atom. The highest BCUT2D eigenvalue weighted by Gasteiger charge is 2.27. The number of morpholine rings is 1. The van der Waals surface area contributed by atoms with Crippen molar-refractivity contribution in [2.24, 2.45) is 0 Å². The summed E-state index contributed by atoms with van der Waals surface area (Å²) in [7, 11) is 0. The van der Waals surface area contributed by atoms with Crippen LogP contribution in [0.15, 0.2) is 47.0 Å². The molecule has 0 saturated carbocycles. The molecular weight excluding hydrogens is 394 g/mol. The molecule has 0 radical (unpaired) electrons. The van der Waals surface area contributed by atoms with Crippen LogP contribution in [0.1, 0.15) is 30.2 Å². The molecule has 162 valence electrons. The van der Waals surface area contributed by atoms with Crippen LogP contribution >= 0.6 is 0 Å². The lowest BCUT2D eigenvalue weighted by atomic mass is 9.97. The fourth-order valence-electron chi connectivity index (χ4n) is 4.22. The molecule has 5 rings (SSSR count). The van der Waals surface area contributed by atoms with Crippen molar-refractivity contribution in [1.82, 2.24) is 20.2 Å². The third-order valence-electron chi connectivity index (χ3n) is 6.03. The highest BCUT2D eigenvalue weighted by Crippen LogP contribution is 2.29. The van der Waals surface area contributed by atoms with Gasteiger partial charge in [-0.05, 0) is 42.7 Å². The van der Waals surface area contributed by atoms with E-state index in [1.54, 1.807) is 6.20 Å². The summed E-state index contributed by atoms with van der Waals surface area (Å²) in [6.07, 6.45) is 3.52. The SMILES string of the molecule is O=C(NCc1ccnc(N2CCOCC2)c1)N1CCC(c2nc3ccccc3o2)CC1. The summed E-state index contributed by atoms with van der Waals surface area (Å²) >= 11 is 0. The van der Waals surface area contributed by atoms with Crippen LogP contribution in [-0.4, -0.2) is 60.3 Å². The van der Waals surface area contributed by atoms with Gasteiger partial charge >= 0.3 is 6.03 Å². The van der Waals surface area contributed by atoms with Crippen LogP contribution < -0.4 is 10.2 Å². The maximum Gasteiger partial charge on any atom is 0.317 e. The van der Waals surface area contributed by atoms with E-state index < -0.39 is 0 Å². The second kappa shape index (κ2) is 8.93. The van der Waals surface area contributed by atoms with Crippen molar-refractivity contribution in [3.05, 3.63) is 54.0 Å². The Bertz CT molecular complexity index is 1010. The van der Waals surface area contributed by atoms with E-state index in [1.807, 2.05) is 41.3 Å². The molecule has 0 bridgehead atoms. The predicted octanol–water partition coefficient (Wildman–Crippen LogP) is 3.15. The van der Waals surface area contributed by atoms with Gasteiger partial charge in [0.2, 0.25) is 0 Å². The molecule has 0 atom stereocenters. The van der Waals surface area contributed by atoms with E-state index in [9.17, 15) is 4.79 Å². The van der Waals surface area contributed by atoms with Gasteiger partial charge in [-0.3, -0.25) is 0 Å². The number of fused-ring (bicyclic) bond motifs is 1. The van der Waals surface area contributed by atoms with E-state index in [-0.39, 0.29) is 11.9 Å². The normalized spacial score (nSPS) is 17.8. The Hall–Kier alpha value is -3.13. The number of amides is 2. The van der Waals surface area contributed by atoms with Gasteiger partial charge in [-0.1, -0.05) is 12.1 Å². The zero-order chi connectivity index (χ0) is 21.0. The minimum Gasteiger partial charge on any atom is -0.440 e. The maximum absolute atomic E-state index is 12.7. The number of anilines is 1. The van der Waals surface area contributed by atoms with Crippen molar-refractivity contribution in [2.45, 2.75) is 25.3 Å². The zero-order valence-corrected chi connectivity index (χ0v) is 17.5. The van der Waals surface area contributed by atoms with E-state index in [1.165, 1.54) is 0 Å². The predicted molar refractivity (Wildman–Crippen MR) is 117 cm³/mol. The fourth-order valence-corrected chi connectivity index (χ4v) is 4.22. The summed E-state index contributed by atoms with van der Waals surface area (Å²) < 4.78 is 11.3.